The van der Waals surface area contributed by atoms with Gasteiger partial charge in [-0.1, -0.05) is 12.1 Å². The van der Waals surface area contributed by atoms with Crippen molar-refractivity contribution in [2.75, 3.05) is 18.2 Å². The Bertz CT molecular complexity index is 705. The summed E-state index contributed by atoms with van der Waals surface area (Å²) in [5.74, 6) is 1.29. The van der Waals surface area contributed by atoms with Crippen molar-refractivity contribution in [1.29, 1.82) is 0 Å². The van der Waals surface area contributed by atoms with Crippen molar-refractivity contribution in [3.05, 3.63) is 53.3 Å². The molecule has 1 unspecified atom stereocenters. The first-order chi connectivity index (χ1) is 10.3. The third-order valence-electron chi connectivity index (χ3n) is 4.13. The molecule has 0 spiro atoms. The summed E-state index contributed by atoms with van der Waals surface area (Å²) < 4.78 is 24.7. The highest BCUT2D eigenvalue weighted by molar-refractivity contribution is 5.61. The fourth-order valence-corrected chi connectivity index (χ4v) is 3.09. The zero-order chi connectivity index (χ0) is 14.4. The summed E-state index contributed by atoms with van der Waals surface area (Å²) in [5, 5.41) is 0. The molecule has 2 aliphatic heterocycles. The van der Waals surface area contributed by atoms with Gasteiger partial charge < -0.3 is 20.1 Å². The molecule has 0 radical (unpaired) electrons. The quantitative estimate of drug-likeness (QED) is 0.921. The summed E-state index contributed by atoms with van der Waals surface area (Å²) in [7, 11) is 0. The van der Waals surface area contributed by atoms with Crippen molar-refractivity contribution < 1.29 is 13.9 Å². The van der Waals surface area contributed by atoms with Gasteiger partial charge >= 0.3 is 0 Å². The van der Waals surface area contributed by atoms with E-state index >= 15 is 0 Å². The Hall–Kier alpha value is -2.27. The van der Waals surface area contributed by atoms with Crippen LogP contribution in [0.25, 0.3) is 0 Å². The summed E-state index contributed by atoms with van der Waals surface area (Å²) in [4.78, 5) is 2.11. The van der Waals surface area contributed by atoms with Gasteiger partial charge in [0.2, 0.25) is 6.79 Å². The maximum atomic E-state index is 14.0. The molecule has 2 heterocycles. The minimum absolute atomic E-state index is 0.0175. The average molecular weight is 286 g/mol. The number of nitrogens with zero attached hydrogens (tertiary/aromatic N) is 1. The van der Waals surface area contributed by atoms with E-state index in [4.69, 9.17) is 15.2 Å². The van der Waals surface area contributed by atoms with Gasteiger partial charge in [-0.15, -0.1) is 0 Å². The lowest BCUT2D eigenvalue weighted by Crippen LogP contribution is -2.27. The predicted octanol–water partition coefficient (Wildman–Crippen LogP) is 2.57. The lowest BCUT2D eigenvalue weighted by molar-refractivity contribution is 0.174. The fourth-order valence-electron chi connectivity index (χ4n) is 3.09. The highest BCUT2D eigenvalue weighted by Crippen LogP contribution is 2.42. The van der Waals surface area contributed by atoms with Crippen molar-refractivity contribution in [3.63, 3.8) is 0 Å². The van der Waals surface area contributed by atoms with Crippen LogP contribution in [-0.2, 0) is 6.54 Å². The number of hydrogen-bond acceptors (Lipinski definition) is 4. The molecule has 2 N–H and O–H groups in total. The standard InChI is InChI=1S/C16H15FN2O2/c17-13-3-1-2-11-12(13)8-19(14(11)7-18)10-4-5-15-16(6-10)21-9-20-15/h1-6,14H,7-9,18H2. The van der Waals surface area contributed by atoms with Gasteiger partial charge in [0.05, 0.1) is 6.04 Å². The first-order valence-corrected chi connectivity index (χ1v) is 6.91. The van der Waals surface area contributed by atoms with Gasteiger partial charge in [0.15, 0.2) is 11.5 Å². The second kappa shape index (κ2) is 4.63. The molecule has 2 aromatic rings. The number of nitrogens with two attached hydrogens (primary N) is 1. The van der Waals surface area contributed by atoms with Gasteiger partial charge in [0.25, 0.3) is 0 Å². The number of rotatable bonds is 2. The monoisotopic (exact) mass is 286 g/mol. The second-order valence-corrected chi connectivity index (χ2v) is 5.22. The van der Waals surface area contributed by atoms with Crippen LogP contribution >= 0.6 is 0 Å². The van der Waals surface area contributed by atoms with Crippen molar-refractivity contribution in [2.24, 2.45) is 5.73 Å². The Kier molecular flexibility index (Phi) is 2.75. The number of fused-ring (bicyclic) bond motifs is 2. The van der Waals surface area contributed by atoms with Crippen LogP contribution < -0.4 is 20.1 Å². The molecule has 2 aromatic carbocycles. The highest BCUT2D eigenvalue weighted by Gasteiger charge is 2.32. The van der Waals surface area contributed by atoms with E-state index in [1.807, 2.05) is 24.3 Å². The van der Waals surface area contributed by atoms with Crippen molar-refractivity contribution >= 4 is 5.69 Å². The molecular formula is C16H15FN2O2. The van der Waals surface area contributed by atoms with Crippen molar-refractivity contribution in [3.8, 4) is 11.5 Å². The molecule has 0 amide bonds. The van der Waals surface area contributed by atoms with E-state index in [9.17, 15) is 4.39 Å². The zero-order valence-corrected chi connectivity index (χ0v) is 11.4. The summed E-state index contributed by atoms with van der Waals surface area (Å²) in [5.41, 5.74) is 8.58. The number of halogens is 1. The first kappa shape index (κ1) is 12.5. The summed E-state index contributed by atoms with van der Waals surface area (Å²) in [6.07, 6.45) is 0. The molecule has 1 atom stereocenters. The smallest absolute Gasteiger partial charge is 0.231 e. The van der Waals surface area contributed by atoms with Crippen LogP contribution in [0.5, 0.6) is 11.5 Å². The molecule has 0 saturated heterocycles. The van der Waals surface area contributed by atoms with Crippen LogP contribution in [0.3, 0.4) is 0 Å². The van der Waals surface area contributed by atoms with Gasteiger partial charge in [-0.3, -0.25) is 0 Å². The predicted molar refractivity (Wildman–Crippen MR) is 76.9 cm³/mol. The Morgan fingerprint density at radius 2 is 2.05 bits per heavy atom. The van der Waals surface area contributed by atoms with Crippen LogP contribution in [0.4, 0.5) is 10.1 Å². The molecule has 0 saturated carbocycles. The van der Waals surface area contributed by atoms with Crippen molar-refractivity contribution in [1.82, 2.24) is 0 Å². The molecule has 108 valence electrons. The number of ether oxygens (including phenoxy) is 2. The average Bonchev–Trinajstić information content (AvgIpc) is 3.10. The molecule has 21 heavy (non-hydrogen) atoms. The first-order valence-electron chi connectivity index (χ1n) is 6.91. The Morgan fingerprint density at radius 3 is 2.90 bits per heavy atom. The third-order valence-corrected chi connectivity index (χ3v) is 4.13. The summed E-state index contributed by atoms with van der Waals surface area (Å²) in [6, 6.07) is 10.9. The molecule has 4 rings (SSSR count). The maximum absolute atomic E-state index is 14.0. The molecule has 0 fully saturated rings. The van der Waals surface area contributed by atoms with Gasteiger partial charge in [-0.25, -0.2) is 4.39 Å². The Labute approximate surface area is 121 Å². The van der Waals surface area contributed by atoms with Gasteiger partial charge in [-0.2, -0.15) is 0 Å². The second-order valence-electron chi connectivity index (χ2n) is 5.22. The zero-order valence-electron chi connectivity index (χ0n) is 11.4. The van der Waals surface area contributed by atoms with E-state index in [1.165, 1.54) is 6.07 Å². The molecule has 4 nitrogen and oxygen atoms in total. The van der Waals surface area contributed by atoms with Crippen LogP contribution in [0.15, 0.2) is 36.4 Å². The third kappa shape index (κ3) is 1.85. The van der Waals surface area contributed by atoms with Crippen LogP contribution in [0, 0.1) is 5.82 Å². The fraction of sp³-hybridized carbons (Fsp3) is 0.250. The molecule has 0 bridgehead atoms. The number of anilines is 1. The molecule has 0 aliphatic carbocycles. The van der Waals surface area contributed by atoms with E-state index in [0.717, 1.165) is 28.3 Å². The van der Waals surface area contributed by atoms with Gasteiger partial charge in [0, 0.05) is 30.4 Å². The van der Waals surface area contributed by atoms with Crippen LogP contribution in [-0.4, -0.2) is 13.3 Å². The van der Waals surface area contributed by atoms with E-state index in [-0.39, 0.29) is 18.7 Å². The SMILES string of the molecule is NCC1c2cccc(F)c2CN1c1ccc2c(c1)OCO2. The molecule has 5 heteroatoms. The molecule has 2 aliphatic rings. The lowest BCUT2D eigenvalue weighted by atomic mass is 10.0. The van der Waals surface area contributed by atoms with E-state index in [1.54, 1.807) is 6.07 Å². The topological polar surface area (TPSA) is 47.7 Å². The van der Waals surface area contributed by atoms with E-state index in [0.29, 0.717) is 13.1 Å². The summed E-state index contributed by atoms with van der Waals surface area (Å²) >= 11 is 0. The maximum Gasteiger partial charge on any atom is 0.231 e. The van der Waals surface area contributed by atoms with Crippen molar-refractivity contribution in [2.45, 2.75) is 12.6 Å². The molecular weight excluding hydrogens is 271 g/mol. The van der Waals surface area contributed by atoms with Crippen LogP contribution in [0.1, 0.15) is 17.2 Å². The number of benzene rings is 2. The van der Waals surface area contributed by atoms with Crippen LogP contribution in [0.2, 0.25) is 0 Å². The minimum Gasteiger partial charge on any atom is -0.454 e. The van der Waals surface area contributed by atoms with Gasteiger partial charge in [-0.05, 0) is 23.8 Å². The Morgan fingerprint density at radius 1 is 1.19 bits per heavy atom. The highest BCUT2D eigenvalue weighted by atomic mass is 19.1. The minimum atomic E-state index is -0.172. The Balaban J connectivity index is 1.75. The number of hydrogen-bond donors (Lipinski definition) is 1. The largest absolute Gasteiger partial charge is 0.454 e. The van der Waals surface area contributed by atoms with E-state index < -0.39 is 0 Å². The van der Waals surface area contributed by atoms with Gasteiger partial charge in [0.1, 0.15) is 5.82 Å². The lowest BCUT2D eigenvalue weighted by Gasteiger charge is -2.26. The summed E-state index contributed by atoms with van der Waals surface area (Å²) in [6.45, 7) is 1.20. The van der Waals surface area contributed by atoms with E-state index in [2.05, 4.69) is 4.90 Å². The molecule has 0 aromatic heterocycles. The normalized spacial score (nSPS) is 19.0.